The fraction of sp³-hybridized carbons (Fsp3) is 0.417. The van der Waals surface area contributed by atoms with Gasteiger partial charge in [-0.1, -0.05) is 12.1 Å². The molecule has 0 spiro atoms. The summed E-state index contributed by atoms with van der Waals surface area (Å²) in [6, 6.07) is 6.00. The molecule has 14 heavy (non-hydrogen) atoms. The molecule has 0 aromatic heterocycles. The van der Waals surface area contributed by atoms with Crippen molar-refractivity contribution in [2.24, 2.45) is 0 Å². The van der Waals surface area contributed by atoms with E-state index >= 15 is 0 Å². The topological polar surface area (TPSA) is 20.3 Å². The first-order chi connectivity index (χ1) is 6.70. The first kappa shape index (κ1) is 9.25. The molecule has 2 heteroatoms. The third-order valence-corrected chi connectivity index (χ3v) is 2.76. The van der Waals surface area contributed by atoms with Crippen LogP contribution in [-0.4, -0.2) is 19.9 Å². The predicted octanol–water partition coefficient (Wildman–Crippen LogP) is 2.27. The van der Waals surface area contributed by atoms with Gasteiger partial charge in [-0.25, -0.2) is 0 Å². The van der Waals surface area contributed by atoms with Crippen LogP contribution in [0.2, 0.25) is 0 Å². The highest BCUT2D eigenvalue weighted by Crippen LogP contribution is 2.29. The van der Waals surface area contributed by atoms with Gasteiger partial charge in [0.15, 0.2) is 5.78 Å². The minimum atomic E-state index is 0.301. The fourth-order valence-electron chi connectivity index (χ4n) is 2.08. The molecule has 0 N–H and O–H groups in total. The average Bonchev–Trinajstić information content (AvgIpc) is 2.17. The van der Waals surface area contributed by atoms with E-state index in [0.29, 0.717) is 12.2 Å². The Morgan fingerprint density at radius 3 is 2.71 bits per heavy atom. The summed E-state index contributed by atoms with van der Waals surface area (Å²) in [5.41, 5.74) is 3.35. The molecule has 2 rings (SSSR count). The minimum absolute atomic E-state index is 0.301. The van der Waals surface area contributed by atoms with Crippen LogP contribution in [0.4, 0.5) is 5.69 Å². The van der Waals surface area contributed by atoms with Crippen LogP contribution in [0, 0.1) is 0 Å². The summed E-state index contributed by atoms with van der Waals surface area (Å²) in [6.07, 6.45) is 2.75. The number of benzene rings is 1. The molecule has 0 saturated heterocycles. The Kier molecular flexibility index (Phi) is 2.28. The van der Waals surface area contributed by atoms with Crippen molar-refractivity contribution in [3.8, 4) is 0 Å². The van der Waals surface area contributed by atoms with E-state index in [2.05, 4.69) is 11.0 Å². The van der Waals surface area contributed by atoms with Crippen LogP contribution in [0.25, 0.3) is 0 Å². The molecule has 0 radical (unpaired) electrons. The molecule has 1 aliphatic carbocycles. The number of carbonyl (C=O) groups excluding carboxylic acids is 1. The summed E-state index contributed by atoms with van der Waals surface area (Å²) in [6.45, 7) is 0. The summed E-state index contributed by atoms with van der Waals surface area (Å²) in [4.78, 5) is 13.7. The van der Waals surface area contributed by atoms with E-state index in [-0.39, 0.29) is 0 Å². The summed E-state index contributed by atoms with van der Waals surface area (Å²) >= 11 is 0. The SMILES string of the molecule is CN(C)c1cccc2c1CCCC2=O. The molecule has 0 aliphatic heterocycles. The summed E-state index contributed by atoms with van der Waals surface area (Å²) in [5.74, 6) is 0.301. The number of fused-ring (bicyclic) bond motifs is 1. The van der Waals surface area contributed by atoms with Crippen molar-refractivity contribution in [1.82, 2.24) is 0 Å². The lowest BCUT2D eigenvalue weighted by molar-refractivity contribution is 0.0972. The zero-order valence-corrected chi connectivity index (χ0v) is 8.71. The van der Waals surface area contributed by atoms with Crippen LogP contribution in [0.15, 0.2) is 18.2 Å². The number of Topliss-reactive ketones (excluding diaryl/α,β-unsaturated/α-hetero) is 1. The largest absolute Gasteiger partial charge is 0.377 e. The number of hydrogen-bond donors (Lipinski definition) is 0. The summed E-state index contributed by atoms with van der Waals surface area (Å²) in [5, 5.41) is 0. The van der Waals surface area contributed by atoms with E-state index in [1.807, 2.05) is 26.2 Å². The maximum absolute atomic E-state index is 11.6. The van der Waals surface area contributed by atoms with Gasteiger partial charge in [0.25, 0.3) is 0 Å². The molecule has 0 atom stereocenters. The van der Waals surface area contributed by atoms with Crippen molar-refractivity contribution in [2.45, 2.75) is 19.3 Å². The Balaban J connectivity index is 2.55. The van der Waals surface area contributed by atoms with Gasteiger partial charge in [0.05, 0.1) is 0 Å². The second kappa shape index (κ2) is 3.45. The molecule has 0 amide bonds. The van der Waals surface area contributed by atoms with Crippen molar-refractivity contribution in [3.05, 3.63) is 29.3 Å². The van der Waals surface area contributed by atoms with Gasteiger partial charge in [-0.15, -0.1) is 0 Å². The van der Waals surface area contributed by atoms with Gasteiger partial charge in [-0.2, -0.15) is 0 Å². The third-order valence-electron chi connectivity index (χ3n) is 2.76. The number of nitrogens with zero attached hydrogens (tertiary/aromatic N) is 1. The molecular formula is C12H15NO. The number of hydrogen-bond acceptors (Lipinski definition) is 2. The lowest BCUT2D eigenvalue weighted by Gasteiger charge is -2.22. The van der Waals surface area contributed by atoms with Crippen molar-refractivity contribution in [1.29, 1.82) is 0 Å². The van der Waals surface area contributed by atoms with E-state index in [9.17, 15) is 4.79 Å². The third kappa shape index (κ3) is 1.41. The molecule has 74 valence electrons. The fourth-order valence-corrected chi connectivity index (χ4v) is 2.08. The zero-order valence-electron chi connectivity index (χ0n) is 8.71. The van der Waals surface area contributed by atoms with Crippen LogP contribution >= 0.6 is 0 Å². The molecule has 0 fully saturated rings. The van der Waals surface area contributed by atoms with Crippen LogP contribution in [0.1, 0.15) is 28.8 Å². The maximum Gasteiger partial charge on any atom is 0.163 e. The van der Waals surface area contributed by atoms with Crippen molar-refractivity contribution >= 4 is 11.5 Å². The number of anilines is 1. The molecule has 2 nitrogen and oxygen atoms in total. The first-order valence-corrected chi connectivity index (χ1v) is 5.02. The average molecular weight is 189 g/mol. The van der Waals surface area contributed by atoms with Gasteiger partial charge in [-0.3, -0.25) is 4.79 Å². The molecular weight excluding hydrogens is 174 g/mol. The second-order valence-corrected chi connectivity index (χ2v) is 3.97. The van der Waals surface area contributed by atoms with Gasteiger partial charge in [-0.05, 0) is 24.5 Å². The normalized spacial score (nSPS) is 15.1. The quantitative estimate of drug-likeness (QED) is 0.675. The summed E-state index contributed by atoms with van der Waals surface area (Å²) < 4.78 is 0. The molecule has 1 aliphatic rings. The van der Waals surface area contributed by atoms with Gasteiger partial charge in [0, 0.05) is 31.8 Å². The Morgan fingerprint density at radius 1 is 1.21 bits per heavy atom. The van der Waals surface area contributed by atoms with Crippen molar-refractivity contribution in [3.63, 3.8) is 0 Å². The van der Waals surface area contributed by atoms with Crippen LogP contribution in [0.3, 0.4) is 0 Å². The Bertz CT molecular complexity index is 369. The Hall–Kier alpha value is -1.31. The second-order valence-electron chi connectivity index (χ2n) is 3.97. The molecule has 0 heterocycles. The molecule has 0 unspecified atom stereocenters. The highest BCUT2D eigenvalue weighted by atomic mass is 16.1. The predicted molar refractivity (Wildman–Crippen MR) is 58.0 cm³/mol. The highest BCUT2D eigenvalue weighted by molar-refractivity contribution is 5.99. The van der Waals surface area contributed by atoms with E-state index in [1.165, 1.54) is 11.3 Å². The zero-order chi connectivity index (χ0) is 10.1. The maximum atomic E-state index is 11.6. The monoisotopic (exact) mass is 189 g/mol. The van der Waals surface area contributed by atoms with Crippen LogP contribution < -0.4 is 4.90 Å². The minimum Gasteiger partial charge on any atom is -0.377 e. The molecule has 1 aromatic rings. The highest BCUT2D eigenvalue weighted by Gasteiger charge is 2.19. The van der Waals surface area contributed by atoms with E-state index in [4.69, 9.17) is 0 Å². The lowest BCUT2D eigenvalue weighted by atomic mass is 9.89. The lowest BCUT2D eigenvalue weighted by Crippen LogP contribution is -2.17. The van der Waals surface area contributed by atoms with Crippen molar-refractivity contribution in [2.75, 3.05) is 19.0 Å². The van der Waals surface area contributed by atoms with Crippen LogP contribution in [0.5, 0.6) is 0 Å². The first-order valence-electron chi connectivity index (χ1n) is 5.02. The number of carbonyl (C=O) groups is 1. The summed E-state index contributed by atoms with van der Waals surface area (Å²) in [7, 11) is 4.05. The molecule has 0 saturated carbocycles. The van der Waals surface area contributed by atoms with Crippen LogP contribution in [-0.2, 0) is 6.42 Å². The number of rotatable bonds is 1. The van der Waals surface area contributed by atoms with E-state index in [0.717, 1.165) is 18.4 Å². The van der Waals surface area contributed by atoms with Gasteiger partial charge < -0.3 is 4.90 Å². The Labute approximate surface area is 84.5 Å². The standard InChI is InChI=1S/C12H15NO/c1-13(2)11-7-3-6-10-9(11)5-4-8-12(10)14/h3,6-7H,4-5,8H2,1-2H3. The van der Waals surface area contributed by atoms with Crippen molar-refractivity contribution < 1.29 is 4.79 Å². The smallest absolute Gasteiger partial charge is 0.163 e. The van der Waals surface area contributed by atoms with Gasteiger partial charge >= 0.3 is 0 Å². The molecule has 0 bridgehead atoms. The molecule has 1 aromatic carbocycles. The van der Waals surface area contributed by atoms with Gasteiger partial charge in [0.2, 0.25) is 0 Å². The van der Waals surface area contributed by atoms with Gasteiger partial charge in [0.1, 0.15) is 0 Å². The number of ketones is 1. The van der Waals surface area contributed by atoms with E-state index < -0.39 is 0 Å². The van der Waals surface area contributed by atoms with E-state index in [1.54, 1.807) is 0 Å². The Morgan fingerprint density at radius 2 is 2.00 bits per heavy atom.